The van der Waals surface area contributed by atoms with Gasteiger partial charge in [-0.15, -0.1) is 0 Å². The number of benzene rings is 10. The summed E-state index contributed by atoms with van der Waals surface area (Å²) >= 11 is 0. The minimum atomic E-state index is -4.16. The number of hydrogen-bond donors (Lipinski definition) is 0. The largest absolute Gasteiger partial charge is 0.490 e. The first-order valence-corrected chi connectivity index (χ1v) is 26.9. The number of hydrogen-bond acceptors (Lipinski definition) is 10. The first kappa shape index (κ1) is 46.8. The Morgan fingerprint density at radius 3 is 1.15 bits per heavy atom. The Bertz CT molecular complexity index is 4080. The zero-order valence-electron chi connectivity index (χ0n) is 40.2. The van der Waals surface area contributed by atoms with Gasteiger partial charge in [-0.1, -0.05) is 157 Å². The predicted octanol–water partition coefficient (Wildman–Crippen LogP) is 15.0. The zero-order valence-corrected chi connectivity index (χ0v) is 41.8. The van der Waals surface area contributed by atoms with Crippen LogP contribution in [0.1, 0.15) is 11.1 Å². The second kappa shape index (κ2) is 19.0. The predicted molar refractivity (Wildman–Crippen MR) is 292 cm³/mol. The van der Waals surface area contributed by atoms with E-state index < -0.39 is 20.2 Å². The van der Waals surface area contributed by atoms with Crippen molar-refractivity contribution in [1.82, 2.24) is 0 Å². The number of ether oxygens (including phenoxy) is 2. The summed E-state index contributed by atoms with van der Waals surface area (Å²) in [5.74, 6) is 0.806. The molecule has 0 bridgehead atoms. The second-order valence-corrected chi connectivity index (χ2v) is 21.4. The number of aryl methyl sites for hydroxylation is 2. The average Bonchev–Trinajstić information content (AvgIpc) is 4.01. The molecule has 12 heteroatoms. The summed E-state index contributed by atoms with van der Waals surface area (Å²) in [6.07, 6.45) is 0. The van der Waals surface area contributed by atoms with Crippen LogP contribution in [0.15, 0.2) is 213 Å². The van der Waals surface area contributed by atoms with Gasteiger partial charge in [0.15, 0.2) is 0 Å². The maximum absolute atomic E-state index is 13.6. The van der Waals surface area contributed by atoms with Crippen LogP contribution in [0.25, 0.3) is 98.8 Å². The Kier molecular flexibility index (Phi) is 12.0. The fraction of sp³-hybridized carbons (Fsp3) is 0.0968. The van der Waals surface area contributed by atoms with Crippen molar-refractivity contribution < 1.29 is 43.5 Å². The molecule has 0 unspecified atom stereocenters. The van der Waals surface area contributed by atoms with Crippen LogP contribution in [0.5, 0.6) is 11.5 Å². The SMILES string of the molecule is Cc1ccc(S(=O)(=O)OCCOc2c(-c3cccc4c3oc3ccccc34)cc3ccccc3c2-c2c(OCCOS(=O)(=O)c3ccc(C)cc3)c(-c3cccc4c3oc3ccccc34)cc3ccccc23)cc1. The monoisotopic (exact) mass is 1010 g/mol. The van der Waals surface area contributed by atoms with Crippen molar-refractivity contribution in [2.24, 2.45) is 0 Å². The molecule has 0 saturated heterocycles. The van der Waals surface area contributed by atoms with Crippen LogP contribution in [0.4, 0.5) is 0 Å². The van der Waals surface area contributed by atoms with E-state index in [1.165, 1.54) is 24.3 Å². The Labute approximate surface area is 427 Å². The summed E-state index contributed by atoms with van der Waals surface area (Å²) in [7, 11) is -8.31. The van der Waals surface area contributed by atoms with Crippen molar-refractivity contribution in [3.05, 3.63) is 205 Å². The average molecular weight is 1020 g/mol. The van der Waals surface area contributed by atoms with Crippen molar-refractivity contribution in [3.63, 3.8) is 0 Å². The molecule has 74 heavy (non-hydrogen) atoms. The number of para-hydroxylation sites is 4. The molecule has 0 fully saturated rings. The maximum Gasteiger partial charge on any atom is 0.297 e. The Morgan fingerprint density at radius 1 is 0.365 bits per heavy atom. The molecule has 0 saturated carbocycles. The van der Waals surface area contributed by atoms with Gasteiger partial charge in [0, 0.05) is 54.9 Å². The lowest BCUT2D eigenvalue weighted by Gasteiger charge is -2.24. The van der Waals surface area contributed by atoms with Gasteiger partial charge in [-0.05, 0) is 83.9 Å². The topological polar surface area (TPSA) is 131 Å². The fourth-order valence-corrected chi connectivity index (χ4v) is 11.7. The van der Waals surface area contributed by atoms with Crippen molar-refractivity contribution in [2.75, 3.05) is 26.4 Å². The van der Waals surface area contributed by atoms with Gasteiger partial charge in [-0.3, -0.25) is 8.37 Å². The lowest BCUT2D eigenvalue weighted by Crippen LogP contribution is -2.14. The minimum Gasteiger partial charge on any atom is -0.490 e. The van der Waals surface area contributed by atoms with Crippen molar-refractivity contribution in [3.8, 4) is 44.9 Å². The molecule has 12 aromatic rings. The maximum atomic E-state index is 13.6. The summed E-state index contributed by atoms with van der Waals surface area (Å²) in [4.78, 5) is 0.0684. The fourth-order valence-electron chi connectivity index (χ4n) is 9.89. The number of furan rings is 2. The molecule has 0 aliphatic carbocycles. The van der Waals surface area contributed by atoms with Crippen LogP contribution in [0, 0.1) is 13.8 Å². The van der Waals surface area contributed by atoms with E-state index in [4.69, 9.17) is 26.7 Å². The molecule has 0 spiro atoms. The number of rotatable bonds is 15. The van der Waals surface area contributed by atoms with E-state index in [2.05, 4.69) is 12.1 Å². The van der Waals surface area contributed by atoms with Crippen LogP contribution in [0.2, 0.25) is 0 Å². The molecule has 2 heterocycles. The van der Waals surface area contributed by atoms with Gasteiger partial charge in [0.2, 0.25) is 0 Å². The smallest absolute Gasteiger partial charge is 0.297 e. The van der Waals surface area contributed by atoms with Gasteiger partial charge in [0.25, 0.3) is 20.2 Å². The van der Waals surface area contributed by atoms with E-state index in [0.717, 1.165) is 65.3 Å². The Morgan fingerprint density at radius 2 is 0.730 bits per heavy atom. The van der Waals surface area contributed by atoms with E-state index in [0.29, 0.717) is 56.1 Å². The molecule has 2 aromatic heterocycles. The standard InChI is InChI=1S/C62H46O10S2/c1-39-25-29-43(30-26-39)73(63,64)69-35-33-67-61-53(51-21-11-19-49-47-17-7-9-23-55(47)71-59(49)51)37-41-13-3-5-15-45(41)57(61)58-46-16-6-4-14-42(46)38-54(52-22-12-20-50-48-18-8-10-24-56(48)72-60(50)52)62(58)68-34-36-70-74(65,66)44-31-27-40(2)28-32-44/h3-32,37-38H,33-36H2,1-2H3. The minimum absolute atomic E-state index is 0.0342. The highest BCUT2D eigenvalue weighted by Gasteiger charge is 2.29. The van der Waals surface area contributed by atoms with E-state index in [-0.39, 0.29) is 36.2 Å². The summed E-state index contributed by atoms with van der Waals surface area (Å²) in [5, 5.41) is 7.02. The summed E-state index contributed by atoms with van der Waals surface area (Å²) < 4.78 is 93.1. The first-order valence-electron chi connectivity index (χ1n) is 24.1. The van der Waals surface area contributed by atoms with Gasteiger partial charge in [0.1, 0.15) is 60.3 Å². The van der Waals surface area contributed by atoms with Crippen LogP contribution < -0.4 is 9.47 Å². The van der Waals surface area contributed by atoms with Crippen molar-refractivity contribution in [1.29, 1.82) is 0 Å². The quantitative estimate of drug-likeness (QED) is 0.0722. The molecular formula is C62H46O10S2. The molecule has 10 nitrogen and oxygen atoms in total. The Balaban J connectivity index is 1.10. The molecule has 366 valence electrons. The van der Waals surface area contributed by atoms with E-state index in [1.54, 1.807) is 24.3 Å². The highest BCUT2D eigenvalue weighted by molar-refractivity contribution is 7.87. The van der Waals surface area contributed by atoms with Crippen molar-refractivity contribution in [2.45, 2.75) is 23.6 Å². The Hall–Kier alpha value is -8.26. The first-order chi connectivity index (χ1) is 36.0. The van der Waals surface area contributed by atoms with Crippen LogP contribution >= 0.6 is 0 Å². The molecule has 0 amide bonds. The van der Waals surface area contributed by atoms with E-state index in [9.17, 15) is 16.8 Å². The van der Waals surface area contributed by atoms with Crippen LogP contribution in [-0.4, -0.2) is 43.3 Å². The normalized spacial score (nSPS) is 12.2. The molecule has 0 N–H and O–H groups in total. The highest BCUT2D eigenvalue weighted by Crippen LogP contribution is 2.54. The van der Waals surface area contributed by atoms with Gasteiger partial charge in [-0.2, -0.15) is 16.8 Å². The summed E-state index contributed by atoms with van der Waals surface area (Å²) in [6, 6.07) is 60.8. The van der Waals surface area contributed by atoms with Crippen molar-refractivity contribution >= 4 is 85.7 Å². The third-order valence-corrected chi connectivity index (χ3v) is 16.1. The molecule has 0 atom stereocenters. The van der Waals surface area contributed by atoms with E-state index >= 15 is 0 Å². The molecule has 0 aliphatic heterocycles. The van der Waals surface area contributed by atoms with Crippen LogP contribution in [0.3, 0.4) is 0 Å². The van der Waals surface area contributed by atoms with Gasteiger partial charge in [0.05, 0.1) is 9.79 Å². The second-order valence-electron chi connectivity index (χ2n) is 18.1. The van der Waals surface area contributed by atoms with Gasteiger partial charge < -0.3 is 18.3 Å². The number of fused-ring (bicyclic) bond motifs is 8. The van der Waals surface area contributed by atoms with Gasteiger partial charge in [-0.25, -0.2) is 0 Å². The molecule has 10 aromatic carbocycles. The third-order valence-electron chi connectivity index (χ3n) is 13.4. The summed E-state index contributed by atoms with van der Waals surface area (Å²) in [6.45, 7) is 2.76. The van der Waals surface area contributed by atoms with Gasteiger partial charge >= 0.3 is 0 Å². The third kappa shape index (κ3) is 8.51. The summed E-state index contributed by atoms with van der Waals surface area (Å²) in [5.41, 5.74) is 8.59. The lowest BCUT2D eigenvalue weighted by atomic mass is 9.86. The molecule has 0 aliphatic rings. The molecule has 0 radical (unpaired) electrons. The molecular weight excluding hydrogens is 969 g/mol. The lowest BCUT2D eigenvalue weighted by molar-refractivity contribution is 0.220. The highest BCUT2D eigenvalue weighted by atomic mass is 32.2. The molecule has 12 rings (SSSR count). The zero-order chi connectivity index (χ0) is 50.6. The van der Waals surface area contributed by atoms with Crippen LogP contribution in [-0.2, 0) is 28.6 Å². The van der Waals surface area contributed by atoms with E-state index in [1.807, 2.05) is 147 Å².